The van der Waals surface area contributed by atoms with E-state index in [1.165, 1.54) is 11.8 Å². The Balaban J connectivity index is 1.60. The van der Waals surface area contributed by atoms with E-state index in [1.807, 2.05) is 54.6 Å². The molecule has 3 rings (SSSR count). The molecule has 5 nitrogen and oxygen atoms in total. The zero-order valence-electron chi connectivity index (χ0n) is 13.8. The van der Waals surface area contributed by atoms with E-state index in [9.17, 15) is 4.79 Å². The van der Waals surface area contributed by atoms with Crippen LogP contribution in [0, 0.1) is 5.92 Å². The van der Waals surface area contributed by atoms with E-state index >= 15 is 0 Å². The number of rotatable bonds is 5. The summed E-state index contributed by atoms with van der Waals surface area (Å²) in [6.07, 6.45) is 3.57. The number of anilines is 1. The van der Waals surface area contributed by atoms with E-state index in [0.29, 0.717) is 11.6 Å². The summed E-state index contributed by atoms with van der Waals surface area (Å²) in [7, 11) is 1.63. The van der Waals surface area contributed by atoms with Crippen LogP contribution >= 0.6 is 11.8 Å². The minimum absolute atomic E-state index is 0.0129. The van der Waals surface area contributed by atoms with Crippen molar-refractivity contribution in [2.75, 3.05) is 12.1 Å². The third kappa shape index (κ3) is 4.22. The molecule has 0 saturated heterocycles. The first-order chi connectivity index (χ1) is 12.2. The predicted molar refractivity (Wildman–Crippen MR) is 102 cm³/mol. The second-order valence-corrected chi connectivity index (χ2v) is 6.46. The highest BCUT2D eigenvalue weighted by molar-refractivity contribution is 8.13. The molecule has 1 heterocycles. The number of thioether (sulfide) groups is 1. The second-order valence-electron chi connectivity index (χ2n) is 5.48. The zero-order chi connectivity index (χ0) is 17.6. The summed E-state index contributed by atoms with van der Waals surface area (Å²) < 4.78 is 5.13. The summed E-state index contributed by atoms with van der Waals surface area (Å²) in [6, 6.07) is 17.3. The molecule has 0 amide bonds. The number of benzene rings is 2. The minimum atomic E-state index is -0.497. The van der Waals surface area contributed by atoms with Gasteiger partial charge in [0.05, 0.1) is 12.8 Å². The number of amidine groups is 1. The van der Waals surface area contributed by atoms with Gasteiger partial charge < -0.3 is 10.5 Å². The quantitative estimate of drug-likeness (QED) is 0.892. The molecule has 1 aliphatic rings. The van der Waals surface area contributed by atoms with Gasteiger partial charge in [-0.25, -0.2) is 5.01 Å². The number of hydrazone groups is 1. The minimum Gasteiger partial charge on any atom is -0.497 e. The first-order valence-corrected chi connectivity index (χ1v) is 8.82. The van der Waals surface area contributed by atoms with Crippen molar-refractivity contribution in [3.8, 4) is 5.75 Å². The van der Waals surface area contributed by atoms with Gasteiger partial charge in [-0.3, -0.25) is 4.79 Å². The van der Waals surface area contributed by atoms with Gasteiger partial charge >= 0.3 is 0 Å². The molecule has 25 heavy (non-hydrogen) atoms. The Morgan fingerprint density at radius 1 is 1.20 bits per heavy atom. The third-order valence-corrected chi connectivity index (χ3v) is 4.79. The summed E-state index contributed by atoms with van der Waals surface area (Å²) in [6.45, 7) is 0. The number of ether oxygens (including phenoxy) is 1. The molecule has 0 aliphatic carbocycles. The van der Waals surface area contributed by atoms with Crippen LogP contribution in [0.25, 0.3) is 0 Å². The predicted octanol–water partition coefficient (Wildman–Crippen LogP) is 3.38. The Bertz CT molecular complexity index is 788. The molecule has 1 aliphatic heterocycles. The lowest BCUT2D eigenvalue weighted by Crippen LogP contribution is -2.33. The van der Waals surface area contributed by atoms with Crippen molar-refractivity contribution in [1.29, 1.82) is 0 Å². The fourth-order valence-electron chi connectivity index (χ4n) is 2.38. The lowest BCUT2D eigenvalue weighted by molar-refractivity contribution is -0.111. The van der Waals surface area contributed by atoms with Crippen molar-refractivity contribution in [3.63, 3.8) is 0 Å². The van der Waals surface area contributed by atoms with Gasteiger partial charge in [0, 0.05) is 12.0 Å². The van der Waals surface area contributed by atoms with E-state index in [4.69, 9.17) is 10.5 Å². The molecule has 0 spiro atoms. The number of hydrogen-bond acceptors (Lipinski definition) is 6. The summed E-state index contributed by atoms with van der Waals surface area (Å²) in [4.78, 5) is 12.5. The van der Waals surface area contributed by atoms with Crippen LogP contribution in [0.4, 0.5) is 5.69 Å². The fourth-order valence-corrected chi connectivity index (χ4v) is 3.26. The summed E-state index contributed by atoms with van der Waals surface area (Å²) in [5.41, 5.74) is 7.98. The van der Waals surface area contributed by atoms with E-state index in [2.05, 4.69) is 5.10 Å². The van der Waals surface area contributed by atoms with Gasteiger partial charge in [0.25, 0.3) is 0 Å². The highest BCUT2D eigenvalue weighted by atomic mass is 32.2. The van der Waals surface area contributed by atoms with E-state index in [1.54, 1.807) is 24.4 Å². The normalized spacial score (nSPS) is 16.4. The third-order valence-electron chi connectivity index (χ3n) is 3.78. The lowest BCUT2D eigenvalue weighted by Gasteiger charge is -2.22. The maximum atomic E-state index is 12.5. The molecule has 0 saturated carbocycles. The zero-order valence-corrected chi connectivity index (χ0v) is 14.6. The number of nitrogens with zero attached hydrogens (tertiary/aromatic N) is 2. The Morgan fingerprint density at radius 3 is 2.56 bits per heavy atom. The van der Waals surface area contributed by atoms with Gasteiger partial charge in [0.1, 0.15) is 17.5 Å². The van der Waals surface area contributed by atoms with Gasteiger partial charge in [-0.1, -0.05) is 42.1 Å². The highest BCUT2D eigenvalue weighted by Crippen LogP contribution is 2.24. The molecule has 0 bridgehead atoms. The topological polar surface area (TPSA) is 67.9 Å². The van der Waals surface area contributed by atoms with Gasteiger partial charge in [0.2, 0.25) is 5.12 Å². The number of nitrogens with two attached hydrogens (primary N) is 1. The van der Waals surface area contributed by atoms with Crippen LogP contribution in [0.15, 0.2) is 72.0 Å². The molecule has 128 valence electrons. The molecule has 0 aromatic heterocycles. The molecular weight excluding hydrogens is 334 g/mol. The number of carbonyl (C=O) groups excluding carboxylic acids is 1. The van der Waals surface area contributed by atoms with E-state index < -0.39 is 5.92 Å². The van der Waals surface area contributed by atoms with Crippen molar-refractivity contribution >= 4 is 28.4 Å². The largest absolute Gasteiger partial charge is 0.497 e. The standard InChI is InChI=1S/C19H19N3O2S/c1-24-16-9-7-14(8-10-16)13-25-19(23)17-11-12-22(21-18(17)20)15-5-3-2-4-6-15/h2-12,17H,13H2,1H3,(H2,20,21). The maximum absolute atomic E-state index is 12.5. The van der Waals surface area contributed by atoms with Gasteiger partial charge in [-0.05, 0) is 35.9 Å². The molecule has 0 radical (unpaired) electrons. The van der Waals surface area contributed by atoms with Crippen LogP contribution in [-0.2, 0) is 10.5 Å². The molecule has 6 heteroatoms. The maximum Gasteiger partial charge on any atom is 0.203 e. The molecule has 2 aromatic rings. The lowest BCUT2D eigenvalue weighted by atomic mass is 10.1. The Kier molecular flexibility index (Phi) is 5.40. The first kappa shape index (κ1) is 17.1. The first-order valence-electron chi connectivity index (χ1n) is 7.83. The number of para-hydroxylation sites is 1. The van der Waals surface area contributed by atoms with Crippen molar-refractivity contribution in [2.45, 2.75) is 5.75 Å². The summed E-state index contributed by atoms with van der Waals surface area (Å²) in [5.74, 6) is 1.19. The van der Waals surface area contributed by atoms with Crippen LogP contribution in [0.5, 0.6) is 5.75 Å². The van der Waals surface area contributed by atoms with Crippen LogP contribution < -0.4 is 15.5 Å². The van der Waals surface area contributed by atoms with Crippen LogP contribution in [0.2, 0.25) is 0 Å². The Morgan fingerprint density at radius 2 is 1.92 bits per heavy atom. The second kappa shape index (κ2) is 7.90. The van der Waals surface area contributed by atoms with Crippen LogP contribution in [0.3, 0.4) is 0 Å². The molecule has 2 aromatic carbocycles. The molecule has 2 N–H and O–H groups in total. The van der Waals surface area contributed by atoms with E-state index in [0.717, 1.165) is 17.0 Å². The van der Waals surface area contributed by atoms with Gasteiger partial charge in [-0.15, -0.1) is 0 Å². The van der Waals surface area contributed by atoms with Crippen LogP contribution in [-0.4, -0.2) is 18.1 Å². The summed E-state index contributed by atoms with van der Waals surface area (Å²) >= 11 is 1.24. The SMILES string of the molecule is COc1ccc(CSC(=O)C2C=CN(c3ccccc3)N=C2N)cc1. The summed E-state index contributed by atoms with van der Waals surface area (Å²) in [5, 5.41) is 5.98. The van der Waals surface area contributed by atoms with Crippen molar-refractivity contribution in [2.24, 2.45) is 16.8 Å². The van der Waals surface area contributed by atoms with Crippen molar-refractivity contribution < 1.29 is 9.53 Å². The molecular formula is C19H19N3O2S. The van der Waals surface area contributed by atoms with Gasteiger partial charge in [0.15, 0.2) is 0 Å². The molecule has 1 unspecified atom stereocenters. The Labute approximate surface area is 151 Å². The monoisotopic (exact) mass is 353 g/mol. The van der Waals surface area contributed by atoms with Crippen LogP contribution in [0.1, 0.15) is 5.56 Å². The number of carbonyl (C=O) groups is 1. The number of hydrogen-bond donors (Lipinski definition) is 1. The fraction of sp³-hybridized carbons (Fsp3) is 0.158. The van der Waals surface area contributed by atoms with Crippen molar-refractivity contribution in [3.05, 3.63) is 72.4 Å². The molecule has 1 atom stereocenters. The van der Waals surface area contributed by atoms with Crippen molar-refractivity contribution in [1.82, 2.24) is 0 Å². The van der Waals surface area contributed by atoms with E-state index in [-0.39, 0.29) is 5.12 Å². The average Bonchev–Trinajstić information content (AvgIpc) is 2.67. The smallest absolute Gasteiger partial charge is 0.203 e. The number of methoxy groups -OCH3 is 1. The highest BCUT2D eigenvalue weighted by Gasteiger charge is 2.24. The average molecular weight is 353 g/mol. The molecule has 0 fully saturated rings. The van der Waals surface area contributed by atoms with Gasteiger partial charge in [-0.2, -0.15) is 5.10 Å². The Hall–Kier alpha value is -2.73.